The molecule has 1 aliphatic rings. The van der Waals surface area contributed by atoms with E-state index in [0.29, 0.717) is 0 Å². The molecule has 2 N–H and O–H groups in total. The molecule has 22 heavy (non-hydrogen) atoms. The van der Waals surface area contributed by atoms with Gasteiger partial charge in [0.15, 0.2) is 0 Å². The zero-order chi connectivity index (χ0) is 15.6. The van der Waals surface area contributed by atoms with E-state index in [1.54, 1.807) is 11.8 Å². The first kappa shape index (κ1) is 15.1. The minimum absolute atomic E-state index is 0.0308. The number of amides is 1. The second kappa shape index (κ2) is 6.15. The first-order valence-corrected chi connectivity index (χ1v) is 8.40. The average Bonchev–Trinajstić information content (AvgIpc) is 2.89. The maximum atomic E-state index is 12.4. The minimum atomic E-state index is -0.139. The summed E-state index contributed by atoms with van der Waals surface area (Å²) in [6.07, 6.45) is 0. The Bertz CT molecular complexity index is 670. The molecule has 1 atom stereocenters. The van der Waals surface area contributed by atoms with Gasteiger partial charge in [-0.05, 0) is 37.1 Å². The second-order valence-corrected chi connectivity index (χ2v) is 7.60. The van der Waals surface area contributed by atoms with Crippen LogP contribution in [0.4, 0.5) is 5.69 Å². The molecule has 1 saturated heterocycles. The van der Waals surface area contributed by atoms with Crippen LogP contribution in [0.25, 0.3) is 11.1 Å². The molecule has 1 amide bonds. The van der Waals surface area contributed by atoms with Crippen LogP contribution in [0.5, 0.6) is 0 Å². The van der Waals surface area contributed by atoms with Crippen LogP contribution in [0.15, 0.2) is 54.6 Å². The molecule has 3 nitrogen and oxygen atoms in total. The third kappa shape index (κ3) is 3.51. The summed E-state index contributed by atoms with van der Waals surface area (Å²) in [6, 6.07) is 18.0. The van der Waals surface area contributed by atoms with Gasteiger partial charge >= 0.3 is 0 Å². The van der Waals surface area contributed by atoms with Gasteiger partial charge in [0.1, 0.15) is 0 Å². The molecular weight excluding hydrogens is 292 g/mol. The van der Waals surface area contributed by atoms with E-state index in [-0.39, 0.29) is 16.8 Å². The van der Waals surface area contributed by atoms with Crippen LogP contribution in [0.2, 0.25) is 0 Å². The summed E-state index contributed by atoms with van der Waals surface area (Å²) >= 11 is 1.77. The number of carbonyl (C=O) groups is 1. The number of thioether (sulfide) groups is 1. The van der Waals surface area contributed by atoms with Crippen LogP contribution in [-0.4, -0.2) is 22.6 Å². The number of rotatable bonds is 3. The van der Waals surface area contributed by atoms with Gasteiger partial charge in [0, 0.05) is 11.4 Å². The molecule has 4 heteroatoms. The van der Waals surface area contributed by atoms with E-state index in [1.807, 2.05) is 36.4 Å². The van der Waals surface area contributed by atoms with Gasteiger partial charge in [-0.1, -0.05) is 42.5 Å². The molecule has 2 aromatic carbocycles. The molecule has 0 radical (unpaired) electrons. The summed E-state index contributed by atoms with van der Waals surface area (Å²) in [4.78, 5) is 12.3. The van der Waals surface area contributed by atoms with E-state index >= 15 is 0 Å². The lowest BCUT2D eigenvalue weighted by atomic mass is 10.1. The largest absolute Gasteiger partial charge is 0.325 e. The van der Waals surface area contributed by atoms with Gasteiger partial charge in [0.2, 0.25) is 5.91 Å². The van der Waals surface area contributed by atoms with Crippen molar-refractivity contribution in [3.8, 4) is 11.1 Å². The van der Waals surface area contributed by atoms with Crippen LogP contribution >= 0.6 is 11.8 Å². The highest BCUT2D eigenvalue weighted by Gasteiger charge is 2.34. The lowest BCUT2D eigenvalue weighted by Gasteiger charge is -2.18. The number of carbonyl (C=O) groups excluding carboxylic acids is 1. The molecule has 0 unspecified atom stereocenters. The summed E-state index contributed by atoms with van der Waals surface area (Å²) in [6.45, 7) is 4.20. The molecule has 0 spiro atoms. The third-order valence-corrected chi connectivity index (χ3v) is 5.03. The van der Waals surface area contributed by atoms with Crippen molar-refractivity contribution in [3.05, 3.63) is 54.6 Å². The summed E-state index contributed by atoms with van der Waals surface area (Å²) in [5.74, 6) is 0.834. The monoisotopic (exact) mass is 312 g/mol. The fourth-order valence-electron chi connectivity index (χ4n) is 2.57. The SMILES string of the molecule is CC1(C)N[C@@H](C(=O)Nc2cccc(-c3ccccc3)c2)CS1. The van der Waals surface area contributed by atoms with Gasteiger partial charge in [-0.25, -0.2) is 0 Å². The van der Waals surface area contributed by atoms with Crippen molar-refractivity contribution in [3.63, 3.8) is 0 Å². The zero-order valence-electron chi connectivity index (χ0n) is 12.8. The molecule has 0 saturated carbocycles. The zero-order valence-corrected chi connectivity index (χ0v) is 13.6. The topological polar surface area (TPSA) is 41.1 Å². The Kier molecular flexibility index (Phi) is 4.23. The van der Waals surface area contributed by atoms with Crippen molar-refractivity contribution in [2.45, 2.75) is 24.8 Å². The van der Waals surface area contributed by atoms with E-state index in [4.69, 9.17) is 0 Å². The smallest absolute Gasteiger partial charge is 0.242 e. The second-order valence-electron chi connectivity index (χ2n) is 5.95. The molecule has 0 aliphatic carbocycles. The Balaban J connectivity index is 1.72. The lowest BCUT2D eigenvalue weighted by Crippen LogP contribution is -2.43. The number of benzene rings is 2. The normalized spacial score (nSPS) is 19.8. The van der Waals surface area contributed by atoms with Crippen LogP contribution in [0.1, 0.15) is 13.8 Å². The molecule has 1 heterocycles. The first-order chi connectivity index (χ1) is 10.5. The van der Waals surface area contributed by atoms with Crippen LogP contribution < -0.4 is 10.6 Å². The maximum Gasteiger partial charge on any atom is 0.242 e. The van der Waals surface area contributed by atoms with Crippen molar-refractivity contribution in [2.24, 2.45) is 0 Å². The van der Waals surface area contributed by atoms with Crippen molar-refractivity contribution in [2.75, 3.05) is 11.1 Å². The minimum Gasteiger partial charge on any atom is -0.325 e. The van der Waals surface area contributed by atoms with Crippen molar-refractivity contribution < 1.29 is 4.79 Å². The first-order valence-electron chi connectivity index (χ1n) is 7.41. The molecule has 3 rings (SSSR count). The predicted octanol–water partition coefficient (Wildman–Crippen LogP) is 3.73. The number of hydrogen-bond donors (Lipinski definition) is 2. The third-order valence-electron chi connectivity index (χ3n) is 3.69. The molecule has 114 valence electrons. The van der Waals surface area contributed by atoms with E-state index in [0.717, 1.165) is 22.6 Å². The molecule has 1 fully saturated rings. The Morgan fingerprint density at radius 1 is 1.14 bits per heavy atom. The van der Waals surface area contributed by atoms with Gasteiger partial charge in [0.05, 0.1) is 10.9 Å². The molecule has 0 aromatic heterocycles. The number of anilines is 1. The quantitative estimate of drug-likeness (QED) is 0.907. The highest BCUT2D eigenvalue weighted by Crippen LogP contribution is 2.30. The molecule has 1 aliphatic heterocycles. The van der Waals surface area contributed by atoms with Gasteiger partial charge in [-0.15, -0.1) is 11.8 Å². The maximum absolute atomic E-state index is 12.4. The summed E-state index contributed by atoms with van der Waals surface area (Å²) in [5, 5.41) is 6.36. The van der Waals surface area contributed by atoms with Gasteiger partial charge in [-0.2, -0.15) is 0 Å². The Labute approximate surface area is 135 Å². The highest BCUT2D eigenvalue weighted by molar-refractivity contribution is 8.00. The number of hydrogen-bond acceptors (Lipinski definition) is 3. The van der Waals surface area contributed by atoms with Crippen molar-refractivity contribution in [1.82, 2.24) is 5.32 Å². The van der Waals surface area contributed by atoms with Crippen LogP contribution in [0.3, 0.4) is 0 Å². The molecular formula is C18H20N2OS. The summed E-state index contributed by atoms with van der Waals surface area (Å²) in [7, 11) is 0. The Morgan fingerprint density at radius 2 is 1.86 bits per heavy atom. The Morgan fingerprint density at radius 3 is 2.55 bits per heavy atom. The highest BCUT2D eigenvalue weighted by atomic mass is 32.2. The van der Waals surface area contributed by atoms with Gasteiger partial charge in [0.25, 0.3) is 0 Å². The molecule has 2 aromatic rings. The van der Waals surface area contributed by atoms with Crippen LogP contribution in [0, 0.1) is 0 Å². The van der Waals surface area contributed by atoms with Gasteiger partial charge < -0.3 is 5.32 Å². The average molecular weight is 312 g/mol. The van der Waals surface area contributed by atoms with E-state index in [1.165, 1.54) is 0 Å². The molecule has 0 bridgehead atoms. The fraction of sp³-hybridized carbons (Fsp3) is 0.278. The summed E-state index contributed by atoms with van der Waals surface area (Å²) in [5.41, 5.74) is 3.09. The number of nitrogens with one attached hydrogen (secondary N) is 2. The standard InChI is InChI=1S/C18H20N2OS/c1-18(2)20-16(12-22-18)17(21)19-15-10-6-9-14(11-15)13-7-4-3-5-8-13/h3-11,16,20H,12H2,1-2H3,(H,19,21)/t16-/m1/s1. The van der Waals surface area contributed by atoms with Crippen molar-refractivity contribution in [1.29, 1.82) is 0 Å². The predicted molar refractivity (Wildman–Crippen MR) is 94.0 cm³/mol. The van der Waals surface area contributed by atoms with Gasteiger partial charge in [-0.3, -0.25) is 10.1 Å². The summed E-state index contributed by atoms with van der Waals surface area (Å²) < 4.78 is 0. The van der Waals surface area contributed by atoms with Crippen molar-refractivity contribution >= 4 is 23.4 Å². The van der Waals surface area contributed by atoms with Crippen LogP contribution in [-0.2, 0) is 4.79 Å². The van der Waals surface area contributed by atoms with E-state index < -0.39 is 0 Å². The van der Waals surface area contributed by atoms with E-state index in [9.17, 15) is 4.79 Å². The fourth-order valence-corrected chi connectivity index (χ4v) is 3.62. The lowest BCUT2D eigenvalue weighted by molar-refractivity contribution is -0.117. The Hall–Kier alpha value is -1.78. The van der Waals surface area contributed by atoms with E-state index in [2.05, 4.69) is 42.7 Å².